The van der Waals surface area contributed by atoms with Crippen molar-refractivity contribution in [2.24, 2.45) is 0 Å². The summed E-state index contributed by atoms with van der Waals surface area (Å²) in [6.45, 7) is 8.38. The highest BCUT2D eigenvalue weighted by Gasteiger charge is 2.19. The number of carbonyl (C=O) groups excluding carboxylic acids is 1. The molecule has 1 atom stereocenters. The second-order valence-corrected chi connectivity index (χ2v) is 11.7. The molecule has 10 heteroatoms. The SMILES string of the molecule is CC(O)(CO)CNCc1ccc(CC(=O)Nc2ncc(SCc3ncc(C(C)(C)C)o3)s2)cc1. The number of anilines is 1. The second kappa shape index (κ2) is 11.5. The summed E-state index contributed by atoms with van der Waals surface area (Å²) in [7, 11) is 0. The Morgan fingerprint density at radius 1 is 1.12 bits per heavy atom. The molecule has 0 bridgehead atoms. The van der Waals surface area contributed by atoms with E-state index in [1.54, 1.807) is 31.1 Å². The predicted molar refractivity (Wildman–Crippen MR) is 135 cm³/mol. The number of aliphatic hydroxyl groups excluding tert-OH is 1. The van der Waals surface area contributed by atoms with E-state index in [9.17, 15) is 9.90 Å². The van der Waals surface area contributed by atoms with Crippen LogP contribution in [0.25, 0.3) is 0 Å². The third kappa shape index (κ3) is 8.21. The molecule has 0 saturated heterocycles. The molecule has 8 nitrogen and oxygen atoms in total. The smallest absolute Gasteiger partial charge is 0.230 e. The number of thiazole rings is 1. The molecule has 3 aromatic rings. The van der Waals surface area contributed by atoms with Crippen LogP contribution >= 0.6 is 23.1 Å². The third-order valence-corrected chi connectivity index (χ3v) is 7.02. The zero-order chi connectivity index (χ0) is 24.8. The van der Waals surface area contributed by atoms with Crippen LogP contribution in [-0.4, -0.2) is 44.8 Å². The van der Waals surface area contributed by atoms with Gasteiger partial charge in [-0.3, -0.25) is 4.79 Å². The first-order chi connectivity index (χ1) is 16.0. The van der Waals surface area contributed by atoms with E-state index in [2.05, 4.69) is 41.4 Å². The average molecular weight is 505 g/mol. The van der Waals surface area contributed by atoms with Crippen LogP contribution in [0, 0.1) is 0 Å². The Hall–Kier alpha value is -2.24. The van der Waals surface area contributed by atoms with Crippen molar-refractivity contribution in [2.45, 2.75) is 61.6 Å². The summed E-state index contributed by atoms with van der Waals surface area (Å²) in [5.74, 6) is 2.01. The van der Waals surface area contributed by atoms with E-state index in [1.165, 1.54) is 11.3 Å². The maximum absolute atomic E-state index is 12.4. The summed E-state index contributed by atoms with van der Waals surface area (Å²) in [5.41, 5.74) is 0.711. The van der Waals surface area contributed by atoms with Gasteiger partial charge in [0.2, 0.25) is 11.8 Å². The molecule has 0 aliphatic rings. The minimum Gasteiger partial charge on any atom is -0.444 e. The molecule has 2 aromatic heterocycles. The highest BCUT2D eigenvalue weighted by atomic mass is 32.2. The fraction of sp³-hybridized carbons (Fsp3) is 0.458. The number of carbonyl (C=O) groups is 1. The lowest BCUT2D eigenvalue weighted by Crippen LogP contribution is -2.40. The van der Waals surface area contributed by atoms with E-state index < -0.39 is 5.60 Å². The number of nitrogens with one attached hydrogen (secondary N) is 2. The van der Waals surface area contributed by atoms with E-state index in [0.717, 1.165) is 21.1 Å². The van der Waals surface area contributed by atoms with Gasteiger partial charge in [-0.2, -0.15) is 0 Å². The number of amides is 1. The number of hydrogen-bond donors (Lipinski definition) is 4. The summed E-state index contributed by atoms with van der Waals surface area (Å²) >= 11 is 3.00. The third-order valence-electron chi connectivity index (χ3n) is 4.92. The maximum atomic E-state index is 12.4. The van der Waals surface area contributed by atoms with E-state index in [4.69, 9.17) is 9.52 Å². The van der Waals surface area contributed by atoms with Crippen molar-refractivity contribution in [3.05, 3.63) is 59.4 Å². The van der Waals surface area contributed by atoms with E-state index in [1.807, 2.05) is 24.3 Å². The van der Waals surface area contributed by atoms with Crippen molar-refractivity contribution in [3.63, 3.8) is 0 Å². The van der Waals surface area contributed by atoms with Gasteiger partial charge in [0.25, 0.3) is 0 Å². The van der Waals surface area contributed by atoms with Crippen LogP contribution in [-0.2, 0) is 28.9 Å². The van der Waals surface area contributed by atoms with Crippen LogP contribution < -0.4 is 10.6 Å². The van der Waals surface area contributed by atoms with Crippen LogP contribution in [0.4, 0.5) is 5.13 Å². The number of aliphatic hydroxyl groups is 2. The normalized spacial score (nSPS) is 13.6. The number of oxazole rings is 1. The van der Waals surface area contributed by atoms with Crippen molar-refractivity contribution >= 4 is 34.1 Å². The van der Waals surface area contributed by atoms with Gasteiger partial charge in [0.05, 0.1) is 41.0 Å². The Kier molecular flexibility index (Phi) is 8.89. The molecule has 3 rings (SSSR count). The van der Waals surface area contributed by atoms with Gasteiger partial charge in [0.15, 0.2) is 5.13 Å². The highest BCUT2D eigenvalue weighted by Crippen LogP contribution is 2.31. The van der Waals surface area contributed by atoms with Gasteiger partial charge in [-0.1, -0.05) is 56.4 Å². The minimum atomic E-state index is -1.14. The topological polar surface area (TPSA) is 121 Å². The Morgan fingerprint density at radius 2 is 1.82 bits per heavy atom. The van der Waals surface area contributed by atoms with Gasteiger partial charge in [0.1, 0.15) is 5.76 Å². The number of nitrogens with zero attached hydrogens (tertiary/aromatic N) is 2. The largest absolute Gasteiger partial charge is 0.444 e. The number of aromatic nitrogens is 2. The highest BCUT2D eigenvalue weighted by molar-refractivity contribution is 8.00. The molecule has 0 radical (unpaired) electrons. The fourth-order valence-corrected chi connectivity index (χ4v) is 4.64. The summed E-state index contributed by atoms with van der Waals surface area (Å²) in [4.78, 5) is 21.1. The Bertz CT molecular complexity index is 1070. The summed E-state index contributed by atoms with van der Waals surface area (Å²) in [5, 5.41) is 25.4. The number of rotatable bonds is 11. The second-order valence-electron chi connectivity index (χ2n) is 9.44. The molecule has 1 unspecified atom stereocenters. The van der Waals surface area contributed by atoms with Crippen molar-refractivity contribution in [2.75, 3.05) is 18.5 Å². The van der Waals surface area contributed by atoms with Crippen LogP contribution in [0.2, 0.25) is 0 Å². The lowest BCUT2D eigenvalue weighted by Gasteiger charge is -2.20. The predicted octanol–water partition coefficient (Wildman–Crippen LogP) is 3.74. The van der Waals surface area contributed by atoms with Crippen LogP contribution in [0.5, 0.6) is 0 Å². The minimum absolute atomic E-state index is 0.0720. The monoisotopic (exact) mass is 504 g/mol. The standard InChI is InChI=1S/C24H32N4O4S2/c1-23(2,3)18-11-26-20(32-18)13-33-21-12-27-22(34-21)28-19(30)9-16-5-7-17(8-6-16)10-25-14-24(4,31)15-29/h5-8,11-12,25,29,31H,9-10,13-15H2,1-4H3,(H,27,28,30). The molecule has 0 fully saturated rings. The van der Waals surface area contributed by atoms with E-state index in [0.29, 0.717) is 23.3 Å². The molecular weight excluding hydrogens is 472 g/mol. The molecule has 184 valence electrons. The van der Waals surface area contributed by atoms with Crippen LogP contribution in [0.1, 0.15) is 50.5 Å². The lowest BCUT2D eigenvalue weighted by molar-refractivity contribution is -0.115. The number of benzene rings is 1. The van der Waals surface area contributed by atoms with E-state index in [-0.39, 0.29) is 30.9 Å². The van der Waals surface area contributed by atoms with Gasteiger partial charge >= 0.3 is 0 Å². The molecule has 0 saturated carbocycles. The van der Waals surface area contributed by atoms with Crippen molar-refractivity contribution < 1.29 is 19.4 Å². The summed E-state index contributed by atoms with van der Waals surface area (Å²) in [6, 6.07) is 7.70. The zero-order valence-electron chi connectivity index (χ0n) is 19.9. The molecule has 2 heterocycles. The van der Waals surface area contributed by atoms with Gasteiger partial charge < -0.3 is 25.3 Å². The Labute approximate surface area is 208 Å². The molecule has 0 aliphatic carbocycles. The first-order valence-corrected chi connectivity index (χ1v) is 12.8. The molecule has 0 spiro atoms. The van der Waals surface area contributed by atoms with Gasteiger partial charge in [-0.05, 0) is 18.1 Å². The van der Waals surface area contributed by atoms with Crippen molar-refractivity contribution in [3.8, 4) is 0 Å². The average Bonchev–Trinajstić information content (AvgIpc) is 3.43. The Morgan fingerprint density at radius 3 is 2.47 bits per heavy atom. The fourth-order valence-electron chi connectivity index (χ4n) is 2.90. The van der Waals surface area contributed by atoms with Crippen molar-refractivity contribution in [1.82, 2.24) is 15.3 Å². The molecule has 4 N–H and O–H groups in total. The van der Waals surface area contributed by atoms with Crippen molar-refractivity contribution in [1.29, 1.82) is 0 Å². The maximum Gasteiger partial charge on any atom is 0.230 e. The van der Waals surface area contributed by atoms with E-state index >= 15 is 0 Å². The number of thioether (sulfide) groups is 1. The first kappa shape index (κ1) is 26.4. The zero-order valence-corrected chi connectivity index (χ0v) is 21.6. The number of hydrogen-bond acceptors (Lipinski definition) is 9. The summed E-state index contributed by atoms with van der Waals surface area (Å²) in [6.07, 6.45) is 3.77. The molecule has 34 heavy (non-hydrogen) atoms. The van der Waals surface area contributed by atoms with Crippen LogP contribution in [0.3, 0.4) is 0 Å². The van der Waals surface area contributed by atoms with Crippen LogP contribution in [0.15, 0.2) is 45.3 Å². The Balaban J connectivity index is 1.43. The van der Waals surface area contributed by atoms with Gasteiger partial charge in [-0.15, -0.1) is 11.8 Å². The van der Waals surface area contributed by atoms with Gasteiger partial charge in [-0.25, -0.2) is 9.97 Å². The molecule has 1 amide bonds. The lowest BCUT2D eigenvalue weighted by atomic mass is 9.94. The molecule has 0 aliphatic heterocycles. The molecular formula is C24H32N4O4S2. The molecule has 1 aromatic carbocycles. The summed E-state index contributed by atoms with van der Waals surface area (Å²) < 4.78 is 6.79. The first-order valence-electron chi connectivity index (χ1n) is 11.0. The van der Waals surface area contributed by atoms with Gasteiger partial charge in [0, 0.05) is 18.5 Å². The quantitative estimate of drug-likeness (QED) is 0.292.